The minimum Gasteiger partial charge on any atom is -0.477 e. The van der Waals surface area contributed by atoms with Gasteiger partial charge in [-0.1, -0.05) is 15.9 Å². The van der Waals surface area contributed by atoms with Gasteiger partial charge in [0.2, 0.25) is 0 Å². The fourth-order valence-corrected chi connectivity index (χ4v) is 2.15. The van der Waals surface area contributed by atoms with Gasteiger partial charge in [0.05, 0.1) is 0 Å². The summed E-state index contributed by atoms with van der Waals surface area (Å²) in [4.78, 5) is 23.1. The van der Waals surface area contributed by atoms with Crippen molar-refractivity contribution in [2.45, 2.75) is 5.33 Å². The van der Waals surface area contributed by atoms with Crippen LogP contribution in [-0.4, -0.2) is 15.6 Å². The molecule has 0 atom stereocenters. The Balaban J connectivity index is 2.73. The molecule has 0 fully saturated rings. The summed E-state index contributed by atoms with van der Waals surface area (Å²) in [6.07, 6.45) is 0. The normalized spacial score (nSPS) is 10.4. The molecule has 98 valence electrons. The van der Waals surface area contributed by atoms with Crippen molar-refractivity contribution in [1.29, 1.82) is 0 Å². The molecule has 1 aromatic heterocycles. The number of carbonyl (C=O) groups is 1. The van der Waals surface area contributed by atoms with E-state index in [1.165, 1.54) is 34.9 Å². The molecule has 1 aromatic carbocycles. The Kier molecular flexibility index (Phi) is 3.80. The summed E-state index contributed by atoms with van der Waals surface area (Å²) >= 11 is 3.23. The Hall–Kier alpha value is -1.95. The molecule has 1 heterocycles. The summed E-state index contributed by atoms with van der Waals surface area (Å²) in [6, 6.07) is 8.09. The number of alkyl halides is 1. The standard InChI is InChI=1S/C13H9BrFNO3/c14-7-10-5-6-11(13(18)19)12(17)16(10)9-3-1-8(15)2-4-9/h1-6H,7H2,(H,18,19). The number of pyridine rings is 1. The van der Waals surface area contributed by atoms with E-state index in [1.54, 1.807) is 6.07 Å². The van der Waals surface area contributed by atoms with Crippen molar-refractivity contribution in [1.82, 2.24) is 4.57 Å². The van der Waals surface area contributed by atoms with E-state index in [-0.39, 0.29) is 5.56 Å². The van der Waals surface area contributed by atoms with E-state index in [4.69, 9.17) is 5.11 Å². The molecule has 0 saturated carbocycles. The van der Waals surface area contributed by atoms with E-state index in [0.717, 1.165) is 0 Å². The highest BCUT2D eigenvalue weighted by Crippen LogP contribution is 2.13. The number of hydrogen-bond donors (Lipinski definition) is 1. The van der Waals surface area contributed by atoms with Crippen LogP contribution in [0.1, 0.15) is 16.1 Å². The van der Waals surface area contributed by atoms with Gasteiger partial charge in [0.1, 0.15) is 11.4 Å². The first-order valence-electron chi connectivity index (χ1n) is 5.34. The summed E-state index contributed by atoms with van der Waals surface area (Å²) in [5.74, 6) is -1.71. The maximum absolute atomic E-state index is 12.9. The highest BCUT2D eigenvalue weighted by Gasteiger charge is 2.14. The van der Waals surface area contributed by atoms with Gasteiger partial charge in [0.25, 0.3) is 5.56 Å². The second-order valence-corrected chi connectivity index (χ2v) is 4.35. The number of benzene rings is 1. The zero-order chi connectivity index (χ0) is 14.0. The Bertz CT molecular complexity index is 679. The quantitative estimate of drug-likeness (QED) is 0.882. The number of hydrogen-bond acceptors (Lipinski definition) is 2. The van der Waals surface area contributed by atoms with Crippen LogP contribution in [0.2, 0.25) is 0 Å². The molecule has 2 rings (SSSR count). The number of carboxylic acid groups (broad SMARTS) is 1. The van der Waals surface area contributed by atoms with Gasteiger partial charge in [0, 0.05) is 16.7 Å². The van der Waals surface area contributed by atoms with Crippen LogP contribution in [0.5, 0.6) is 0 Å². The maximum atomic E-state index is 12.9. The summed E-state index contributed by atoms with van der Waals surface area (Å²) in [7, 11) is 0. The van der Waals surface area contributed by atoms with Crippen LogP contribution in [0.25, 0.3) is 5.69 Å². The van der Waals surface area contributed by atoms with Crippen LogP contribution >= 0.6 is 15.9 Å². The molecule has 19 heavy (non-hydrogen) atoms. The van der Waals surface area contributed by atoms with Crippen molar-refractivity contribution in [3.8, 4) is 5.69 Å². The molecule has 0 radical (unpaired) electrons. The fraction of sp³-hybridized carbons (Fsp3) is 0.0769. The van der Waals surface area contributed by atoms with Gasteiger partial charge in [-0.2, -0.15) is 0 Å². The smallest absolute Gasteiger partial charge is 0.341 e. The summed E-state index contributed by atoms with van der Waals surface area (Å²) in [5.41, 5.74) is 0.0376. The van der Waals surface area contributed by atoms with Crippen LogP contribution < -0.4 is 5.56 Å². The second-order valence-electron chi connectivity index (χ2n) is 3.79. The van der Waals surface area contributed by atoms with Gasteiger partial charge in [-0.3, -0.25) is 9.36 Å². The monoisotopic (exact) mass is 325 g/mol. The topological polar surface area (TPSA) is 59.3 Å². The molecule has 0 aliphatic heterocycles. The highest BCUT2D eigenvalue weighted by molar-refractivity contribution is 9.08. The van der Waals surface area contributed by atoms with Crippen molar-refractivity contribution in [2.75, 3.05) is 0 Å². The number of aromatic nitrogens is 1. The predicted molar refractivity (Wildman–Crippen MR) is 71.6 cm³/mol. The molecule has 1 N–H and O–H groups in total. The molecule has 0 aliphatic rings. The van der Waals surface area contributed by atoms with Crippen LogP contribution in [-0.2, 0) is 5.33 Å². The van der Waals surface area contributed by atoms with E-state index in [1.807, 2.05) is 0 Å². The largest absolute Gasteiger partial charge is 0.477 e. The Labute approximate surface area is 116 Å². The average molecular weight is 326 g/mol. The predicted octanol–water partition coefficient (Wildman–Crippen LogP) is 2.57. The molecule has 0 amide bonds. The van der Waals surface area contributed by atoms with Gasteiger partial charge in [0.15, 0.2) is 0 Å². The second kappa shape index (κ2) is 5.36. The Morgan fingerprint density at radius 2 is 1.84 bits per heavy atom. The lowest BCUT2D eigenvalue weighted by Gasteiger charge is -2.12. The molecule has 2 aromatic rings. The molecule has 6 heteroatoms. The van der Waals surface area contributed by atoms with Crippen molar-refractivity contribution in [2.24, 2.45) is 0 Å². The van der Waals surface area contributed by atoms with Crippen LogP contribution in [0.3, 0.4) is 0 Å². The lowest BCUT2D eigenvalue weighted by Crippen LogP contribution is -2.27. The third-order valence-corrected chi connectivity index (χ3v) is 3.19. The van der Waals surface area contributed by atoms with E-state index in [9.17, 15) is 14.0 Å². The summed E-state index contributed by atoms with van der Waals surface area (Å²) in [6.45, 7) is 0. The number of rotatable bonds is 3. The molecule has 4 nitrogen and oxygen atoms in total. The minimum atomic E-state index is -1.29. The van der Waals surface area contributed by atoms with Gasteiger partial charge in [-0.25, -0.2) is 9.18 Å². The van der Waals surface area contributed by atoms with Crippen LogP contribution in [0, 0.1) is 5.82 Å². The number of nitrogens with zero attached hydrogens (tertiary/aromatic N) is 1. The third-order valence-electron chi connectivity index (χ3n) is 2.62. The first-order chi connectivity index (χ1) is 9.04. The lowest BCUT2D eigenvalue weighted by atomic mass is 10.2. The molecule has 0 bridgehead atoms. The molecule has 0 aliphatic carbocycles. The third kappa shape index (κ3) is 2.58. The van der Waals surface area contributed by atoms with Gasteiger partial charge in [-0.05, 0) is 36.4 Å². The molecule has 0 spiro atoms. The highest BCUT2D eigenvalue weighted by atomic mass is 79.9. The van der Waals surface area contributed by atoms with E-state index >= 15 is 0 Å². The Morgan fingerprint density at radius 1 is 1.21 bits per heavy atom. The number of carboxylic acids is 1. The number of halogens is 2. The zero-order valence-corrected chi connectivity index (χ0v) is 11.2. The van der Waals surface area contributed by atoms with Crippen molar-refractivity contribution in [3.05, 3.63) is 63.8 Å². The van der Waals surface area contributed by atoms with Gasteiger partial charge < -0.3 is 5.11 Å². The maximum Gasteiger partial charge on any atom is 0.341 e. The first kappa shape index (κ1) is 13.5. The van der Waals surface area contributed by atoms with Crippen molar-refractivity contribution >= 4 is 21.9 Å². The minimum absolute atomic E-state index is 0.325. The van der Waals surface area contributed by atoms with Crippen molar-refractivity contribution < 1.29 is 14.3 Å². The first-order valence-corrected chi connectivity index (χ1v) is 6.47. The summed E-state index contributed by atoms with van der Waals surface area (Å²) in [5, 5.41) is 9.33. The zero-order valence-electron chi connectivity index (χ0n) is 9.64. The molecular formula is C13H9BrFNO3. The van der Waals surface area contributed by atoms with Gasteiger partial charge in [-0.15, -0.1) is 0 Å². The SMILES string of the molecule is O=C(O)c1ccc(CBr)n(-c2ccc(F)cc2)c1=O. The fourth-order valence-electron chi connectivity index (χ4n) is 1.72. The van der Waals surface area contributed by atoms with E-state index < -0.39 is 17.3 Å². The number of aromatic carboxylic acids is 1. The van der Waals surface area contributed by atoms with E-state index in [2.05, 4.69) is 15.9 Å². The average Bonchev–Trinajstić information content (AvgIpc) is 2.39. The van der Waals surface area contributed by atoms with E-state index in [0.29, 0.717) is 16.7 Å². The molecular weight excluding hydrogens is 317 g/mol. The van der Waals surface area contributed by atoms with Crippen LogP contribution in [0.15, 0.2) is 41.2 Å². The van der Waals surface area contributed by atoms with Crippen LogP contribution in [0.4, 0.5) is 4.39 Å². The molecule has 0 unspecified atom stereocenters. The summed E-state index contributed by atoms with van der Waals surface area (Å²) < 4.78 is 14.1. The Morgan fingerprint density at radius 3 is 2.37 bits per heavy atom. The van der Waals surface area contributed by atoms with Crippen molar-refractivity contribution in [3.63, 3.8) is 0 Å². The van der Waals surface area contributed by atoms with Gasteiger partial charge >= 0.3 is 5.97 Å². The molecule has 0 saturated heterocycles. The lowest BCUT2D eigenvalue weighted by molar-refractivity contribution is 0.0694.